The minimum Gasteiger partial charge on any atom is -0.380 e. The highest BCUT2D eigenvalue weighted by molar-refractivity contribution is 4.77. The minimum atomic E-state index is 0.706. The van der Waals surface area contributed by atoms with E-state index in [0.717, 1.165) is 31.6 Å². The first-order chi connectivity index (χ1) is 9.08. The van der Waals surface area contributed by atoms with Crippen LogP contribution in [0.25, 0.3) is 0 Å². The van der Waals surface area contributed by atoms with E-state index in [-0.39, 0.29) is 0 Å². The number of hydrogen-bond donors (Lipinski definition) is 1. The molecule has 0 amide bonds. The van der Waals surface area contributed by atoms with Crippen LogP contribution in [0, 0.1) is 11.8 Å². The number of nitrogens with zero attached hydrogens (tertiary/aromatic N) is 1. The fourth-order valence-electron chi connectivity index (χ4n) is 2.59. The second-order valence-corrected chi connectivity index (χ2v) is 6.72. The molecule has 0 saturated carbocycles. The fraction of sp³-hybridized carbons (Fsp3) is 1.00. The topological polar surface area (TPSA) is 24.5 Å². The van der Waals surface area contributed by atoms with Gasteiger partial charge in [0.25, 0.3) is 0 Å². The highest BCUT2D eigenvalue weighted by atomic mass is 16.5. The summed E-state index contributed by atoms with van der Waals surface area (Å²) in [4.78, 5) is 2.60. The Morgan fingerprint density at radius 2 is 1.74 bits per heavy atom. The van der Waals surface area contributed by atoms with Crippen LogP contribution in [0.4, 0.5) is 0 Å². The molecule has 0 aliphatic carbocycles. The van der Waals surface area contributed by atoms with Gasteiger partial charge in [0.2, 0.25) is 0 Å². The summed E-state index contributed by atoms with van der Waals surface area (Å²) in [6, 6.07) is 0.706. The maximum absolute atomic E-state index is 5.64. The molecule has 0 atom stereocenters. The van der Waals surface area contributed by atoms with Crippen molar-refractivity contribution in [1.82, 2.24) is 10.2 Å². The average molecular weight is 270 g/mol. The lowest BCUT2D eigenvalue weighted by Gasteiger charge is -2.33. The van der Waals surface area contributed by atoms with E-state index < -0.39 is 0 Å². The molecule has 19 heavy (non-hydrogen) atoms. The van der Waals surface area contributed by atoms with Gasteiger partial charge in [0.1, 0.15) is 0 Å². The minimum absolute atomic E-state index is 0.706. The van der Waals surface area contributed by atoms with E-state index in [4.69, 9.17) is 4.74 Å². The van der Waals surface area contributed by atoms with Gasteiger partial charge in [0, 0.05) is 25.7 Å². The molecule has 1 aliphatic rings. The van der Waals surface area contributed by atoms with Crippen LogP contribution in [-0.4, -0.2) is 50.3 Å². The molecule has 1 N–H and O–H groups in total. The van der Waals surface area contributed by atoms with Gasteiger partial charge in [-0.25, -0.2) is 0 Å². The Bertz CT molecular complexity index is 211. The summed E-state index contributed by atoms with van der Waals surface area (Å²) in [5.41, 5.74) is 0. The summed E-state index contributed by atoms with van der Waals surface area (Å²) < 4.78 is 5.64. The molecule has 0 aromatic heterocycles. The molecular weight excluding hydrogens is 236 g/mol. The lowest BCUT2D eigenvalue weighted by Crippen LogP contribution is -2.44. The van der Waals surface area contributed by atoms with E-state index in [0.29, 0.717) is 6.04 Å². The Balaban J connectivity index is 1.95. The predicted molar refractivity (Wildman–Crippen MR) is 82.6 cm³/mol. The normalized spacial score (nSPS) is 18.6. The van der Waals surface area contributed by atoms with E-state index in [1.165, 1.54) is 38.9 Å². The Hall–Kier alpha value is -0.120. The summed E-state index contributed by atoms with van der Waals surface area (Å²) in [6.07, 6.45) is 3.75. The lowest BCUT2D eigenvalue weighted by molar-refractivity contribution is 0.118. The number of ether oxygens (including phenoxy) is 1. The summed E-state index contributed by atoms with van der Waals surface area (Å²) in [6.45, 7) is 15.6. The largest absolute Gasteiger partial charge is 0.380 e. The Morgan fingerprint density at radius 1 is 1.05 bits per heavy atom. The van der Waals surface area contributed by atoms with Crippen molar-refractivity contribution in [2.75, 3.05) is 39.4 Å². The number of rotatable bonds is 9. The van der Waals surface area contributed by atoms with Crippen LogP contribution in [0.1, 0.15) is 47.0 Å². The predicted octanol–water partition coefficient (Wildman–Crippen LogP) is 2.76. The Kier molecular flexibility index (Phi) is 8.67. The van der Waals surface area contributed by atoms with Crippen LogP contribution in [0.15, 0.2) is 0 Å². The molecule has 3 nitrogen and oxygen atoms in total. The van der Waals surface area contributed by atoms with Gasteiger partial charge in [0.05, 0.1) is 6.61 Å². The maximum atomic E-state index is 5.64. The van der Waals surface area contributed by atoms with E-state index in [1.807, 2.05) is 0 Å². The summed E-state index contributed by atoms with van der Waals surface area (Å²) in [7, 11) is 0. The van der Waals surface area contributed by atoms with Crippen molar-refractivity contribution in [3.63, 3.8) is 0 Å². The Labute approximate surface area is 120 Å². The van der Waals surface area contributed by atoms with Gasteiger partial charge in [0.15, 0.2) is 0 Å². The van der Waals surface area contributed by atoms with Crippen molar-refractivity contribution < 1.29 is 4.74 Å². The second-order valence-electron chi connectivity index (χ2n) is 6.72. The van der Waals surface area contributed by atoms with Crippen molar-refractivity contribution in [2.45, 2.75) is 53.0 Å². The van der Waals surface area contributed by atoms with E-state index in [2.05, 4.69) is 37.9 Å². The number of likely N-dealkylation sites (tertiary alicyclic amines) is 1. The van der Waals surface area contributed by atoms with E-state index in [1.54, 1.807) is 0 Å². The molecule has 0 spiro atoms. The van der Waals surface area contributed by atoms with Gasteiger partial charge in [-0.2, -0.15) is 0 Å². The van der Waals surface area contributed by atoms with E-state index in [9.17, 15) is 0 Å². The first-order valence-electron chi connectivity index (χ1n) is 8.11. The molecule has 3 heteroatoms. The SMILES string of the molecule is CC(C)CCOCCNC1CCN(CC(C)C)CC1. The summed E-state index contributed by atoms with van der Waals surface area (Å²) >= 11 is 0. The average Bonchev–Trinajstić information content (AvgIpc) is 2.34. The summed E-state index contributed by atoms with van der Waals surface area (Å²) in [5, 5.41) is 3.63. The van der Waals surface area contributed by atoms with Crippen LogP contribution in [-0.2, 0) is 4.74 Å². The zero-order valence-electron chi connectivity index (χ0n) is 13.5. The van der Waals surface area contributed by atoms with E-state index >= 15 is 0 Å². The number of nitrogens with one attached hydrogen (secondary N) is 1. The molecule has 1 heterocycles. The van der Waals surface area contributed by atoms with Crippen LogP contribution >= 0.6 is 0 Å². The molecule has 1 saturated heterocycles. The monoisotopic (exact) mass is 270 g/mol. The van der Waals surface area contributed by atoms with Gasteiger partial charge in [-0.1, -0.05) is 27.7 Å². The highest BCUT2D eigenvalue weighted by Crippen LogP contribution is 2.11. The van der Waals surface area contributed by atoms with Crippen LogP contribution in [0.3, 0.4) is 0 Å². The fourth-order valence-corrected chi connectivity index (χ4v) is 2.59. The van der Waals surface area contributed by atoms with Gasteiger partial charge in [-0.15, -0.1) is 0 Å². The van der Waals surface area contributed by atoms with Crippen LogP contribution in [0.5, 0.6) is 0 Å². The summed E-state index contributed by atoms with van der Waals surface area (Å²) in [5.74, 6) is 1.54. The van der Waals surface area contributed by atoms with Crippen LogP contribution in [0.2, 0.25) is 0 Å². The molecule has 114 valence electrons. The van der Waals surface area contributed by atoms with Gasteiger partial charge in [-0.3, -0.25) is 0 Å². The van der Waals surface area contributed by atoms with Crippen molar-refractivity contribution in [2.24, 2.45) is 11.8 Å². The molecular formula is C16H34N2O. The molecule has 0 unspecified atom stereocenters. The van der Waals surface area contributed by atoms with Crippen molar-refractivity contribution >= 4 is 0 Å². The standard InChI is InChI=1S/C16H34N2O/c1-14(2)7-11-19-12-8-17-16-5-9-18(10-6-16)13-15(3)4/h14-17H,5-13H2,1-4H3. The molecule has 1 rings (SSSR count). The number of piperidine rings is 1. The first-order valence-corrected chi connectivity index (χ1v) is 8.11. The molecule has 0 aromatic carbocycles. The van der Waals surface area contributed by atoms with Crippen molar-refractivity contribution in [3.8, 4) is 0 Å². The highest BCUT2D eigenvalue weighted by Gasteiger charge is 2.18. The smallest absolute Gasteiger partial charge is 0.0591 e. The van der Waals surface area contributed by atoms with Crippen LogP contribution < -0.4 is 5.32 Å². The third-order valence-electron chi connectivity index (χ3n) is 3.73. The van der Waals surface area contributed by atoms with Gasteiger partial charge in [-0.05, 0) is 44.2 Å². The molecule has 0 radical (unpaired) electrons. The first kappa shape index (κ1) is 16.9. The number of hydrogen-bond acceptors (Lipinski definition) is 3. The quantitative estimate of drug-likeness (QED) is 0.652. The van der Waals surface area contributed by atoms with Gasteiger partial charge < -0.3 is 15.0 Å². The third kappa shape index (κ3) is 8.61. The van der Waals surface area contributed by atoms with Gasteiger partial charge >= 0.3 is 0 Å². The lowest BCUT2D eigenvalue weighted by atomic mass is 10.0. The van der Waals surface area contributed by atoms with Crippen molar-refractivity contribution in [3.05, 3.63) is 0 Å². The molecule has 1 fully saturated rings. The third-order valence-corrected chi connectivity index (χ3v) is 3.73. The zero-order chi connectivity index (χ0) is 14.1. The zero-order valence-corrected chi connectivity index (χ0v) is 13.5. The van der Waals surface area contributed by atoms with Crippen molar-refractivity contribution in [1.29, 1.82) is 0 Å². The molecule has 1 aliphatic heterocycles. The Morgan fingerprint density at radius 3 is 2.32 bits per heavy atom. The maximum Gasteiger partial charge on any atom is 0.0591 e. The molecule has 0 aromatic rings. The second kappa shape index (κ2) is 9.73. The molecule has 0 bridgehead atoms.